The maximum atomic E-state index is 12.9. The molecular formula is C22H34N2O7. The third kappa shape index (κ3) is 7.68. The summed E-state index contributed by atoms with van der Waals surface area (Å²) in [5.74, 6) is 0.345. The van der Waals surface area contributed by atoms with Crippen molar-refractivity contribution in [1.82, 2.24) is 10.4 Å². The number of aliphatic hydroxyl groups excluding tert-OH is 1. The molecule has 1 aromatic rings. The van der Waals surface area contributed by atoms with E-state index in [4.69, 9.17) is 19.0 Å². The summed E-state index contributed by atoms with van der Waals surface area (Å²) in [5, 5.41) is 14.8. The molecule has 1 amide bonds. The van der Waals surface area contributed by atoms with E-state index in [2.05, 4.69) is 5.32 Å². The lowest BCUT2D eigenvalue weighted by molar-refractivity contribution is -0.144. The molecule has 0 spiro atoms. The Morgan fingerprint density at radius 2 is 1.87 bits per heavy atom. The quantitative estimate of drug-likeness (QED) is 0.516. The molecule has 2 rings (SSSR count). The second-order valence-electron chi connectivity index (χ2n) is 8.72. The van der Waals surface area contributed by atoms with Crippen LogP contribution in [0.25, 0.3) is 0 Å². The maximum Gasteiger partial charge on any atom is 0.528 e. The topological polar surface area (TPSA) is 107 Å². The molecule has 1 heterocycles. The van der Waals surface area contributed by atoms with Crippen molar-refractivity contribution in [2.45, 2.75) is 65.2 Å². The molecule has 0 saturated carbocycles. The first kappa shape index (κ1) is 24.9. The molecule has 174 valence electrons. The molecule has 0 aliphatic carbocycles. The van der Waals surface area contributed by atoms with Crippen LogP contribution >= 0.6 is 0 Å². The van der Waals surface area contributed by atoms with E-state index in [0.717, 1.165) is 11.1 Å². The Hall–Kier alpha value is -2.36. The number of carbonyl (C=O) groups is 2. The molecule has 9 heteroatoms. The number of ether oxygens (including phenoxy) is 3. The van der Waals surface area contributed by atoms with E-state index in [9.17, 15) is 14.7 Å². The number of hydrogen-bond acceptors (Lipinski definition) is 8. The SMILES string of the molecule is COCOc1c(C)cc(C(=O)N[C@@H]2CN(OC(=O)OC(C)(C)C)CCC[C@H]2O)cc1C. The average Bonchev–Trinajstić information content (AvgIpc) is 2.80. The zero-order valence-electron chi connectivity index (χ0n) is 19.2. The number of aliphatic hydroxyl groups is 1. The zero-order valence-corrected chi connectivity index (χ0v) is 19.2. The van der Waals surface area contributed by atoms with Crippen LogP contribution in [0.3, 0.4) is 0 Å². The van der Waals surface area contributed by atoms with E-state index in [-0.39, 0.29) is 19.2 Å². The number of hydrogen-bond donors (Lipinski definition) is 2. The van der Waals surface area contributed by atoms with Crippen molar-refractivity contribution in [3.63, 3.8) is 0 Å². The van der Waals surface area contributed by atoms with Gasteiger partial charge >= 0.3 is 6.16 Å². The van der Waals surface area contributed by atoms with E-state index < -0.39 is 23.9 Å². The van der Waals surface area contributed by atoms with Crippen LogP contribution in [0.15, 0.2) is 12.1 Å². The van der Waals surface area contributed by atoms with Crippen LogP contribution in [-0.2, 0) is 14.3 Å². The molecule has 31 heavy (non-hydrogen) atoms. The molecule has 1 fully saturated rings. The Morgan fingerprint density at radius 1 is 1.23 bits per heavy atom. The number of methoxy groups -OCH3 is 1. The van der Waals surface area contributed by atoms with Gasteiger partial charge in [-0.2, -0.15) is 0 Å². The highest BCUT2D eigenvalue weighted by atomic mass is 16.8. The first-order valence-electron chi connectivity index (χ1n) is 10.4. The van der Waals surface area contributed by atoms with E-state index in [1.165, 1.54) is 5.06 Å². The number of rotatable bonds is 6. The number of nitrogens with one attached hydrogen (secondary N) is 1. The number of benzene rings is 1. The first-order valence-corrected chi connectivity index (χ1v) is 10.4. The number of hydroxylamine groups is 2. The van der Waals surface area contributed by atoms with Crippen molar-refractivity contribution in [1.29, 1.82) is 0 Å². The van der Waals surface area contributed by atoms with Crippen molar-refractivity contribution in [3.05, 3.63) is 28.8 Å². The summed E-state index contributed by atoms with van der Waals surface area (Å²) in [6.45, 7) is 9.66. The van der Waals surface area contributed by atoms with Crippen molar-refractivity contribution in [3.8, 4) is 5.75 Å². The van der Waals surface area contributed by atoms with Gasteiger partial charge in [0.15, 0.2) is 6.79 Å². The fourth-order valence-corrected chi connectivity index (χ4v) is 3.39. The van der Waals surface area contributed by atoms with Gasteiger partial charge in [0, 0.05) is 19.2 Å². The van der Waals surface area contributed by atoms with Crippen molar-refractivity contribution in [2.24, 2.45) is 0 Å². The molecule has 1 aliphatic rings. The summed E-state index contributed by atoms with van der Waals surface area (Å²) in [4.78, 5) is 30.2. The highest BCUT2D eigenvalue weighted by molar-refractivity contribution is 5.95. The summed E-state index contributed by atoms with van der Waals surface area (Å²) in [5.41, 5.74) is 1.39. The molecule has 1 aromatic carbocycles. The van der Waals surface area contributed by atoms with Crippen LogP contribution in [-0.4, -0.2) is 67.0 Å². The Kier molecular flexibility index (Phi) is 8.67. The Morgan fingerprint density at radius 3 is 2.45 bits per heavy atom. The second-order valence-corrected chi connectivity index (χ2v) is 8.72. The predicted molar refractivity (Wildman–Crippen MR) is 114 cm³/mol. The van der Waals surface area contributed by atoms with Crippen LogP contribution in [0.4, 0.5) is 4.79 Å². The van der Waals surface area contributed by atoms with E-state index >= 15 is 0 Å². The molecule has 9 nitrogen and oxygen atoms in total. The predicted octanol–water partition coefficient (Wildman–Crippen LogP) is 2.71. The smallest absolute Gasteiger partial charge is 0.467 e. The number of aryl methyl sites for hydroxylation is 2. The first-order chi connectivity index (χ1) is 14.5. The molecule has 2 atom stereocenters. The summed E-state index contributed by atoms with van der Waals surface area (Å²) in [7, 11) is 1.54. The minimum Gasteiger partial charge on any atom is -0.467 e. The fourth-order valence-electron chi connectivity index (χ4n) is 3.39. The summed E-state index contributed by atoms with van der Waals surface area (Å²) < 4.78 is 15.7. The number of nitrogens with zero attached hydrogens (tertiary/aromatic N) is 1. The molecule has 1 aliphatic heterocycles. The zero-order chi connectivity index (χ0) is 23.2. The molecular weight excluding hydrogens is 404 g/mol. The van der Waals surface area contributed by atoms with Gasteiger partial charge in [-0.05, 0) is 70.7 Å². The van der Waals surface area contributed by atoms with Crippen LogP contribution in [0, 0.1) is 13.8 Å². The highest BCUT2D eigenvalue weighted by Crippen LogP contribution is 2.25. The number of amides is 1. The van der Waals surface area contributed by atoms with Gasteiger partial charge in [-0.25, -0.2) is 4.79 Å². The third-order valence-electron chi connectivity index (χ3n) is 4.73. The van der Waals surface area contributed by atoms with Crippen molar-refractivity contribution >= 4 is 12.1 Å². The lowest BCUT2D eigenvalue weighted by Gasteiger charge is -2.27. The Labute approximate surface area is 183 Å². The van der Waals surface area contributed by atoms with Gasteiger partial charge < -0.3 is 29.5 Å². The summed E-state index contributed by atoms with van der Waals surface area (Å²) in [6.07, 6.45) is -0.490. The monoisotopic (exact) mass is 438 g/mol. The molecule has 1 saturated heterocycles. The van der Waals surface area contributed by atoms with Gasteiger partial charge in [0.25, 0.3) is 5.91 Å². The van der Waals surface area contributed by atoms with Gasteiger partial charge in [0.2, 0.25) is 0 Å². The van der Waals surface area contributed by atoms with Crippen LogP contribution in [0.2, 0.25) is 0 Å². The lowest BCUT2D eigenvalue weighted by atomic mass is 10.0. The van der Waals surface area contributed by atoms with Crippen molar-refractivity contribution < 1.29 is 33.7 Å². The maximum absolute atomic E-state index is 12.9. The van der Waals surface area contributed by atoms with Gasteiger partial charge in [-0.3, -0.25) is 4.79 Å². The summed E-state index contributed by atoms with van der Waals surface area (Å²) >= 11 is 0. The normalized spacial score (nSPS) is 20.0. The highest BCUT2D eigenvalue weighted by Gasteiger charge is 2.30. The van der Waals surface area contributed by atoms with E-state index in [0.29, 0.717) is 30.7 Å². The molecule has 0 unspecified atom stereocenters. The largest absolute Gasteiger partial charge is 0.528 e. The minimum absolute atomic E-state index is 0.120. The molecule has 0 bridgehead atoms. The number of carbonyl (C=O) groups excluding carboxylic acids is 2. The second kappa shape index (κ2) is 10.8. The Bertz CT molecular complexity index is 753. The third-order valence-corrected chi connectivity index (χ3v) is 4.73. The van der Waals surface area contributed by atoms with Crippen molar-refractivity contribution in [2.75, 3.05) is 27.0 Å². The van der Waals surface area contributed by atoms with Gasteiger partial charge in [-0.15, -0.1) is 5.06 Å². The van der Waals surface area contributed by atoms with E-state index in [1.54, 1.807) is 40.0 Å². The minimum atomic E-state index is -0.813. The van der Waals surface area contributed by atoms with Gasteiger partial charge in [0.1, 0.15) is 11.4 Å². The fraction of sp³-hybridized carbons (Fsp3) is 0.636. The Balaban J connectivity index is 2.07. The molecule has 0 aromatic heterocycles. The van der Waals surface area contributed by atoms with E-state index in [1.807, 2.05) is 13.8 Å². The summed E-state index contributed by atoms with van der Waals surface area (Å²) in [6, 6.07) is 2.85. The van der Waals surface area contributed by atoms with Gasteiger partial charge in [0.05, 0.1) is 18.7 Å². The molecule has 2 N–H and O–H groups in total. The standard InChI is InChI=1S/C22H34N2O7/c1-14-10-16(11-15(2)19(14)29-13-28-6)20(26)23-17-12-24(9-7-8-18(17)25)31-21(27)30-22(3,4)5/h10-11,17-18,25H,7-9,12-13H2,1-6H3,(H,23,26)/t17-,18-/m1/s1. The van der Waals surface area contributed by atoms with Crippen LogP contribution in [0.1, 0.15) is 55.1 Å². The average molecular weight is 439 g/mol. The van der Waals surface area contributed by atoms with Crippen LogP contribution < -0.4 is 10.1 Å². The molecule has 0 radical (unpaired) electrons. The van der Waals surface area contributed by atoms with Crippen LogP contribution in [0.5, 0.6) is 5.75 Å². The lowest BCUT2D eigenvalue weighted by Crippen LogP contribution is -2.49. The van der Waals surface area contributed by atoms with Gasteiger partial charge in [-0.1, -0.05) is 0 Å².